The molecule has 0 atom stereocenters. The maximum atomic E-state index is 11.0. The number of nitriles is 1. The van der Waals surface area contributed by atoms with E-state index in [1.165, 1.54) is 4.90 Å². The highest BCUT2D eigenvalue weighted by Crippen LogP contribution is 2.13. The van der Waals surface area contributed by atoms with Gasteiger partial charge in [0.05, 0.1) is 7.11 Å². The summed E-state index contributed by atoms with van der Waals surface area (Å²) in [6.45, 7) is 0.406. The molecule has 1 aromatic carbocycles. The number of hydrogen-bond acceptors (Lipinski definition) is 3. The first-order valence-corrected chi connectivity index (χ1v) is 4.45. The molecule has 0 N–H and O–H groups in total. The fourth-order valence-electron chi connectivity index (χ4n) is 1.20. The van der Waals surface area contributed by atoms with Gasteiger partial charge < -0.3 is 9.64 Å². The van der Waals surface area contributed by atoms with Gasteiger partial charge >= 0.3 is 5.91 Å². The number of methoxy groups -OCH3 is 1. The number of nitrogens with zero attached hydrogens (tertiary/aromatic N) is 2. The van der Waals surface area contributed by atoms with Crippen molar-refractivity contribution in [3.63, 3.8) is 0 Å². The number of carbonyl (C=O) groups is 1. The molecule has 15 heavy (non-hydrogen) atoms. The topological polar surface area (TPSA) is 53.3 Å². The standard InChI is InChI=1S/C11H12N2O2/c1-13(11(14)7-12)8-9-4-3-5-10(6-9)15-2/h3-6H,8H2,1-2H3. The normalized spacial score (nSPS) is 9.13. The average Bonchev–Trinajstić information content (AvgIpc) is 2.28. The molecular weight excluding hydrogens is 192 g/mol. The van der Waals surface area contributed by atoms with Crippen LogP contribution in [0.2, 0.25) is 0 Å². The molecule has 0 aromatic heterocycles. The van der Waals surface area contributed by atoms with Crippen molar-refractivity contribution in [2.45, 2.75) is 6.54 Å². The van der Waals surface area contributed by atoms with Gasteiger partial charge in [0.2, 0.25) is 0 Å². The maximum absolute atomic E-state index is 11.0. The van der Waals surface area contributed by atoms with Crippen molar-refractivity contribution in [2.24, 2.45) is 0 Å². The molecule has 0 heterocycles. The van der Waals surface area contributed by atoms with Gasteiger partial charge in [-0.3, -0.25) is 4.79 Å². The summed E-state index contributed by atoms with van der Waals surface area (Å²) in [7, 11) is 3.17. The van der Waals surface area contributed by atoms with Gasteiger partial charge in [0.15, 0.2) is 6.07 Å². The number of carbonyl (C=O) groups excluding carboxylic acids is 1. The highest BCUT2D eigenvalue weighted by molar-refractivity contribution is 5.90. The largest absolute Gasteiger partial charge is 0.497 e. The molecule has 0 radical (unpaired) electrons. The van der Waals surface area contributed by atoms with E-state index >= 15 is 0 Å². The Balaban J connectivity index is 2.73. The lowest BCUT2D eigenvalue weighted by molar-refractivity contribution is -0.124. The molecule has 0 unspecified atom stereocenters. The fraction of sp³-hybridized carbons (Fsp3) is 0.273. The third-order valence-electron chi connectivity index (χ3n) is 2.00. The van der Waals surface area contributed by atoms with Crippen LogP contribution in [0.1, 0.15) is 5.56 Å². The van der Waals surface area contributed by atoms with E-state index in [2.05, 4.69) is 0 Å². The Morgan fingerprint density at radius 3 is 2.93 bits per heavy atom. The van der Waals surface area contributed by atoms with Crippen LogP contribution >= 0.6 is 0 Å². The van der Waals surface area contributed by atoms with Gasteiger partial charge in [-0.1, -0.05) is 12.1 Å². The minimum absolute atomic E-state index is 0.406. The molecule has 1 rings (SSSR count). The quantitative estimate of drug-likeness (QED) is 0.694. The van der Waals surface area contributed by atoms with Gasteiger partial charge in [-0.15, -0.1) is 0 Å². The predicted octanol–water partition coefficient (Wildman–Crippen LogP) is 1.18. The predicted molar refractivity (Wildman–Crippen MR) is 55.1 cm³/mol. The summed E-state index contributed by atoms with van der Waals surface area (Å²) >= 11 is 0. The van der Waals surface area contributed by atoms with Crippen LogP contribution in [-0.4, -0.2) is 25.0 Å². The van der Waals surface area contributed by atoms with Crippen molar-refractivity contribution in [1.82, 2.24) is 4.90 Å². The summed E-state index contributed by atoms with van der Waals surface area (Å²) in [4.78, 5) is 12.4. The summed E-state index contributed by atoms with van der Waals surface area (Å²) in [5, 5.41) is 8.42. The Hall–Kier alpha value is -2.02. The third kappa shape index (κ3) is 2.99. The Labute approximate surface area is 88.7 Å². The van der Waals surface area contributed by atoms with Gasteiger partial charge in [0.25, 0.3) is 0 Å². The first-order chi connectivity index (χ1) is 7.17. The monoisotopic (exact) mass is 204 g/mol. The molecule has 0 saturated heterocycles. The van der Waals surface area contributed by atoms with E-state index < -0.39 is 5.91 Å². The third-order valence-corrected chi connectivity index (χ3v) is 2.00. The van der Waals surface area contributed by atoms with Crippen LogP contribution in [0.25, 0.3) is 0 Å². The van der Waals surface area contributed by atoms with E-state index in [0.29, 0.717) is 6.54 Å². The summed E-state index contributed by atoms with van der Waals surface area (Å²) in [5.41, 5.74) is 0.931. The second kappa shape index (κ2) is 5.01. The molecule has 0 aliphatic carbocycles. The first-order valence-electron chi connectivity index (χ1n) is 4.45. The van der Waals surface area contributed by atoms with Gasteiger partial charge in [-0.05, 0) is 17.7 Å². The zero-order chi connectivity index (χ0) is 11.3. The molecule has 0 spiro atoms. The lowest BCUT2D eigenvalue weighted by Crippen LogP contribution is -2.24. The van der Waals surface area contributed by atoms with Crippen LogP contribution in [0.15, 0.2) is 24.3 Å². The second-order valence-electron chi connectivity index (χ2n) is 3.12. The molecule has 78 valence electrons. The summed E-state index contributed by atoms with van der Waals surface area (Å²) in [5.74, 6) is 0.197. The molecule has 1 aromatic rings. The SMILES string of the molecule is COc1cccc(CN(C)C(=O)C#N)c1. The molecule has 4 nitrogen and oxygen atoms in total. The van der Waals surface area contributed by atoms with Crippen LogP contribution in [-0.2, 0) is 11.3 Å². The van der Waals surface area contributed by atoms with E-state index in [-0.39, 0.29) is 0 Å². The van der Waals surface area contributed by atoms with Gasteiger partial charge in [-0.25, -0.2) is 0 Å². The Morgan fingerprint density at radius 1 is 1.60 bits per heavy atom. The number of ether oxygens (including phenoxy) is 1. The summed E-state index contributed by atoms with van der Waals surface area (Å²) < 4.78 is 5.05. The molecule has 4 heteroatoms. The van der Waals surface area contributed by atoms with Crippen LogP contribution in [0.5, 0.6) is 5.75 Å². The van der Waals surface area contributed by atoms with Crippen molar-refractivity contribution < 1.29 is 9.53 Å². The van der Waals surface area contributed by atoms with E-state index in [1.54, 1.807) is 20.2 Å². The second-order valence-corrected chi connectivity index (χ2v) is 3.12. The lowest BCUT2D eigenvalue weighted by atomic mass is 10.2. The number of amides is 1. The van der Waals surface area contributed by atoms with Crippen molar-refractivity contribution >= 4 is 5.91 Å². The number of rotatable bonds is 3. The highest BCUT2D eigenvalue weighted by atomic mass is 16.5. The van der Waals surface area contributed by atoms with Crippen LogP contribution < -0.4 is 4.74 Å². The Bertz CT molecular complexity index is 396. The highest BCUT2D eigenvalue weighted by Gasteiger charge is 2.07. The smallest absolute Gasteiger partial charge is 0.325 e. The molecule has 0 bridgehead atoms. The van der Waals surface area contributed by atoms with E-state index in [9.17, 15) is 4.79 Å². The summed E-state index contributed by atoms with van der Waals surface area (Å²) in [6.07, 6.45) is 0. The van der Waals surface area contributed by atoms with Gasteiger partial charge in [-0.2, -0.15) is 5.26 Å². The van der Waals surface area contributed by atoms with Crippen LogP contribution in [0, 0.1) is 11.3 Å². The minimum Gasteiger partial charge on any atom is -0.497 e. The molecule has 1 amide bonds. The maximum Gasteiger partial charge on any atom is 0.325 e. The average molecular weight is 204 g/mol. The molecule has 0 fully saturated rings. The summed E-state index contributed by atoms with van der Waals surface area (Å²) in [6, 6.07) is 8.96. The molecular formula is C11H12N2O2. The van der Waals surface area contributed by atoms with E-state index in [0.717, 1.165) is 11.3 Å². The van der Waals surface area contributed by atoms with Crippen molar-refractivity contribution in [3.8, 4) is 11.8 Å². The molecule has 0 aliphatic heterocycles. The molecule has 0 aliphatic rings. The lowest BCUT2D eigenvalue weighted by Gasteiger charge is -2.13. The van der Waals surface area contributed by atoms with Crippen molar-refractivity contribution in [3.05, 3.63) is 29.8 Å². The Morgan fingerprint density at radius 2 is 2.33 bits per heavy atom. The fourth-order valence-corrected chi connectivity index (χ4v) is 1.20. The number of hydrogen-bond donors (Lipinski definition) is 0. The van der Waals surface area contributed by atoms with Crippen LogP contribution in [0.4, 0.5) is 0 Å². The number of benzene rings is 1. The van der Waals surface area contributed by atoms with Crippen molar-refractivity contribution in [2.75, 3.05) is 14.2 Å². The van der Waals surface area contributed by atoms with E-state index in [4.69, 9.17) is 10.00 Å². The minimum atomic E-state index is -0.544. The Kier molecular flexibility index (Phi) is 3.69. The zero-order valence-corrected chi connectivity index (χ0v) is 8.73. The zero-order valence-electron chi connectivity index (χ0n) is 8.73. The first kappa shape index (κ1) is 11.1. The van der Waals surface area contributed by atoms with Gasteiger partial charge in [0.1, 0.15) is 5.75 Å². The van der Waals surface area contributed by atoms with E-state index in [1.807, 2.05) is 24.3 Å². The van der Waals surface area contributed by atoms with Crippen molar-refractivity contribution in [1.29, 1.82) is 5.26 Å². The molecule has 0 saturated carbocycles. The van der Waals surface area contributed by atoms with Gasteiger partial charge in [0, 0.05) is 13.6 Å². The van der Waals surface area contributed by atoms with Crippen LogP contribution in [0.3, 0.4) is 0 Å².